The SMILES string of the molecule is CC(C)C(O)(c1ccccc1)c1ccc(C(C)(C)C)cc1. The minimum Gasteiger partial charge on any atom is -0.380 e. The summed E-state index contributed by atoms with van der Waals surface area (Å²) >= 11 is 0. The van der Waals surface area contributed by atoms with Crippen LogP contribution >= 0.6 is 0 Å². The summed E-state index contributed by atoms with van der Waals surface area (Å²) in [6, 6.07) is 18.3. The zero-order valence-electron chi connectivity index (χ0n) is 13.7. The molecule has 1 nitrogen and oxygen atoms in total. The molecule has 1 heteroatoms. The molecule has 0 aliphatic heterocycles. The molecule has 0 bridgehead atoms. The molecule has 112 valence electrons. The molecule has 0 amide bonds. The molecule has 0 spiro atoms. The van der Waals surface area contributed by atoms with E-state index in [0.717, 1.165) is 11.1 Å². The second-order valence-electron chi connectivity index (χ2n) is 7.11. The van der Waals surface area contributed by atoms with Crippen molar-refractivity contribution in [1.82, 2.24) is 0 Å². The van der Waals surface area contributed by atoms with E-state index in [0.29, 0.717) is 0 Å². The molecular formula is C20H26O. The van der Waals surface area contributed by atoms with Crippen molar-refractivity contribution in [1.29, 1.82) is 0 Å². The van der Waals surface area contributed by atoms with Gasteiger partial charge in [-0.05, 0) is 28.0 Å². The maximum atomic E-state index is 11.3. The Balaban J connectivity index is 2.49. The Morgan fingerprint density at radius 1 is 0.714 bits per heavy atom. The number of aliphatic hydroxyl groups is 1. The van der Waals surface area contributed by atoms with Gasteiger partial charge >= 0.3 is 0 Å². The molecule has 0 saturated carbocycles. The third-order valence-corrected chi connectivity index (χ3v) is 4.24. The van der Waals surface area contributed by atoms with Gasteiger partial charge in [-0.15, -0.1) is 0 Å². The number of benzene rings is 2. The van der Waals surface area contributed by atoms with Crippen molar-refractivity contribution in [3.05, 3.63) is 71.3 Å². The summed E-state index contributed by atoms with van der Waals surface area (Å²) in [5.74, 6) is 0.0976. The van der Waals surface area contributed by atoms with Gasteiger partial charge in [0.25, 0.3) is 0 Å². The maximum Gasteiger partial charge on any atom is 0.117 e. The first-order valence-corrected chi connectivity index (χ1v) is 7.65. The Morgan fingerprint density at radius 3 is 1.57 bits per heavy atom. The summed E-state index contributed by atoms with van der Waals surface area (Å²) in [4.78, 5) is 0. The minimum absolute atomic E-state index is 0.0976. The molecule has 1 unspecified atom stereocenters. The van der Waals surface area contributed by atoms with Gasteiger partial charge in [-0.25, -0.2) is 0 Å². The number of hydrogen-bond donors (Lipinski definition) is 1. The fourth-order valence-corrected chi connectivity index (χ4v) is 2.75. The summed E-state index contributed by atoms with van der Waals surface area (Å²) in [7, 11) is 0. The van der Waals surface area contributed by atoms with Crippen LogP contribution in [0.2, 0.25) is 0 Å². The Kier molecular flexibility index (Phi) is 4.25. The molecule has 0 saturated heterocycles. The first-order chi connectivity index (χ1) is 9.76. The lowest BCUT2D eigenvalue weighted by Crippen LogP contribution is -2.33. The van der Waals surface area contributed by atoms with Crippen LogP contribution in [0.3, 0.4) is 0 Å². The van der Waals surface area contributed by atoms with Gasteiger partial charge < -0.3 is 5.11 Å². The highest BCUT2D eigenvalue weighted by Crippen LogP contribution is 2.37. The third kappa shape index (κ3) is 3.03. The standard InChI is InChI=1S/C20H26O/c1-15(2)20(21,17-9-7-6-8-10-17)18-13-11-16(12-14-18)19(3,4)5/h6-15,21H,1-5H3. The van der Waals surface area contributed by atoms with Crippen molar-refractivity contribution in [2.24, 2.45) is 5.92 Å². The van der Waals surface area contributed by atoms with Gasteiger partial charge in [0.2, 0.25) is 0 Å². The summed E-state index contributed by atoms with van der Waals surface area (Å²) in [5.41, 5.74) is 2.37. The van der Waals surface area contributed by atoms with E-state index in [1.165, 1.54) is 5.56 Å². The van der Waals surface area contributed by atoms with Gasteiger partial charge in [0, 0.05) is 0 Å². The van der Waals surface area contributed by atoms with Crippen molar-refractivity contribution in [3.8, 4) is 0 Å². The second-order valence-corrected chi connectivity index (χ2v) is 7.11. The molecule has 0 fully saturated rings. The van der Waals surface area contributed by atoms with Gasteiger partial charge in [-0.2, -0.15) is 0 Å². The first kappa shape index (κ1) is 15.8. The largest absolute Gasteiger partial charge is 0.380 e. The zero-order valence-corrected chi connectivity index (χ0v) is 13.7. The topological polar surface area (TPSA) is 20.2 Å². The quantitative estimate of drug-likeness (QED) is 0.851. The predicted molar refractivity (Wildman–Crippen MR) is 89.4 cm³/mol. The van der Waals surface area contributed by atoms with E-state index in [2.05, 4.69) is 58.9 Å². The van der Waals surface area contributed by atoms with Crippen molar-refractivity contribution < 1.29 is 5.11 Å². The van der Waals surface area contributed by atoms with Crippen molar-refractivity contribution in [2.75, 3.05) is 0 Å². The zero-order chi connectivity index (χ0) is 15.7. The highest BCUT2D eigenvalue weighted by atomic mass is 16.3. The van der Waals surface area contributed by atoms with E-state index < -0.39 is 5.60 Å². The fraction of sp³-hybridized carbons (Fsp3) is 0.400. The van der Waals surface area contributed by atoms with E-state index in [-0.39, 0.29) is 11.3 Å². The summed E-state index contributed by atoms with van der Waals surface area (Å²) in [5, 5.41) is 11.3. The highest BCUT2D eigenvalue weighted by Gasteiger charge is 2.35. The fourth-order valence-electron chi connectivity index (χ4n) is 2.75. The molecule has 2 aromatic carbocycles. The highest BCUT2D eigenvalue weighted by molar-refractivity contribution is 5.39. The normalized spacial score (nSPS) is 15.0. The molecule has 0 aromatic heterocycles. The van der Waals surface area contributed by atoms with Crippen LogP contribution in [0.1, 0.15) is 51.3 Å². The Morgan fingerprint density at radius 2 is 1.14 bits per heavy atom. The van der Waals surface area contributed by atoms with Crippen LogP contribution in [0.5, 0.6) is 0 Å². The van der Waals surface area contributed by atoms with E-state index in [1.54, 1.807) is 0 Å². The number of hydrogen-bond acceptors (Lipinski definition) is 1. The van der Waals surface area contributed by atoms with E-state index in [4.69, 9.17) is 0 Å². The molecule has 1 N–H and O–H groups in total. The molecule has 0 aliphatic carbocycles. The lowest BCUT2D eigenvalue weighted by atomic mass is 9.76. The molecular weight excluding hydrogens is 256 g/mol. The third-order valence-electron chi connectivity index (χ3n) is 4.24. The molecule has 21 heavy (non-hydrogen) atoms. The Hall–Kier alpha value is -1.60. The predicted octanol–water partition coefficient (Wildman–Crippen LogP) is 4.88. The van der Waals surface area contributed by atoms with Gasteiger partial charge in [0.15, 0.2) is 0 Å². The minimum atomic E-state index is -0.947. The Bertz CT molecular complexity index is 575. The van der Waals surface area contributed by atoms with E-state index in [9.17, 15) is 5.11 Å². The van der Waals surface area contributed by atoms with Crippen molar-refractivity contribution >= 4 is 0 Å². The molecule has 1 atom stereocenters. The van der Waals surface area contributed by atoms with Crippen LogP contribution < -0.4 is 0 Å². The van der Waals surface area contributed by atoms with Gasteiger partial charge in [0.05, 0.1) is 0 Å². The van der Waals surface area contributed by atoms with Crippen molar-refractivity contribution in [3.63, 3.8) is 0 Å². The van der Waals surface area contributed by atoms with Crippen LogP contribution in [-0.2, 0) is 11.0 Å². The summed E-state index contributed by atoms with van der Waals surface area (Å²) in [6.45, 7) is 10.7. The first-order valence-electron chi connectivity index (χ1n) is 7.65. The van der Waals surface area contributed by atoms with E-state index >= 15 is 0 Å². The molecule has 0 heterocycles. The Labute approximate surface area is 128 Å². The molecule has 0 aliphatic rings. The van der Waals surface area contributed by atoms with E-state index in [1.807, 2.05) is 30.3 Å². The maximum absolute atomic E-state index is 11.3. The lowest BCUT2D eigenvalue weighted by Gasteiger charge is -2.34. The van der Waals surface area contributed by atoms with Crippen LogP contribution in [0, 0.1) is 5.92 Å². The summed E-state index contributed by atoms with van der Waals surface area (Å²) < 4.78 is 0. The molecule has 2 aromatic rings. The smallest absolute Gasteiger partial charge is 0.117 e. The van der Waals surface area contributed by atoms with Crippen LogP contribution in [-0.4, -0.2) is 5.11 Å². The monoisotopic (exact) mass is 282 g/mol. The van der Waals surface area contributed by atoms with Crippen LogP contribution in [0.15, 0.2) is 54.6 Å². The number of rotatable bonds is 3. The van der Waals surface area contributed by atoms with Gasteiger partial charge in [0.1, 0.15) is 5.60 Å². The molecule has 0 radical (unpaired) electrons. The van der Waals surface area contributed by atoms with Gasteiger partial charge in [-0.3, -0.25) is 0 Å². The van der Waals surface area contributed by atoms with Crippen LogP contribution in [0.4, 0.5) is 0 Å². The second kappa shape index (κ2) is 5.65. The van der Waals surface area contributed by atoms with Crippen molar-refractivity contribution in [2.45, 2.75) is 45.6 Å². The van der Waals surface area contributed by atoms with Gasteiger partial charge in [-0.1, -0.05) is 89.2 Å². The summed E-state index contributed by atoms with van der Waals surface area (Å²) in [6.07, 6.45) is 0. The average Bonchev–Trinajstić information content (AvgIpc) is 2.46. The average molecular weight is 282 g/mol. The lowest BCUT2D eigenvalue weighted by molar-refractivity contribution is 0.0317. The van der Waals surface area contributed by atoms with Crippen LogP contribution in [0.25, 0.3) is 0 Å². The molecule has 2 rings (SSSR count).